The average Bonchev–Trinajstić information content (AvgIpc) is 1.88. The number of aromatic hydroxyl groups is 1. The van der Waals surface area contributed by atoms with Gasteiger partial charge in [-0.15, -0.1) is 12.4 Å². The van der Waals surface area contributed by atoms with Crippen molar-refractivity contribution in [2.24, 2.45) is 5.73 Å². The fourth-order valence-electron chi connectivity index (χ4n) is 0.530. The third-order valence-electron chi connectivity index (χ3n) is 0.948. The lowest BCUT2D eigenvalue weighted by Crippen LogP contribution is -2.13. The van der Waals surface area contributed by atoms with E-state index in [2.05, 4.69) is 9.97 Å². The molecule has 60 valence electrons. The Bertz CT molecular complexity index is 264. The second-order valence-electron chi connectivity index (χ2n) is 1.67. The van der Waals surface area contributed by atoms with Gasteiger partial charge in [-0.3, -0.25) is 5.41 Å². The van der Waals surface area contributed by atoms with E-state index in [0.29, 0.717) is 0 Å². The number of aromatic nitrogens is 2. The molecule has 0 atom stereocenters. The monoisotopic (exact) mass is 174 g/mol. The molecule has 1 rings (SSSR count). The molecule has 0 bridgehead atoms. The van der Waals surface area contributed by atoms with Crippen molar-refractivity contribution in [3.63, 3.8) is 0 Å². The summed E-state index contributed by atoms with van der Waals surface area (Å²) < 4.78 is 0. The maximum absolute atomic E-state index is 8.94. The number of nitrogens with two attached hydrogens (primary N) is 1. The average molecular weight is 175 g/mol. The zero-order valence-electron chi connectivity index (χ0n) is 5.48. The molecule has 0 radical (unpaired) electrons. The molecule has 0 aromatic carbocycles. The van der Waals surface area contributed by atoms with Gasteiger partial charge in [-0.25, -0.2) is 9.97 Å². The van der Waals surface area contributed by atoms with Crippen LogP contribution in [0, 0.1) is 5.41 Å². The summed E-state index contributed by atoms with van der Waals surface area (Å²) in [6, 6.07) is 0. The van der Waals surface area contributed by atoms with Crippen molar-refractivity contribution < 1.29 is 5.11 Å². The predicted molar refractivity (Wildman–Crippen MR) is 42.0 cm³/mol. The molecule has 0 fully saturated rings. The van der Waals surface area contributed by atoms with E-state index in [4.69, 9.17) is 16.2 Å². The van der Waals surface area contributed by atoms with Gasteiger partial charge in [0.2, 0.25) is 0 Å². The summed E-state index contributed by atoms with van der Waals surface area (Å²) in [5.74, 6) is -0.435. The molecule has 0 unspecified atom stereocenters. The number of hydrogen-bond donors (Lipinski definition) is 3. The first kappa shape index (κ1) is 9.64. The van der Waals surface area contributed by atoms with Crippen LogP contribution in [0.2, 0.25) is 0 Å². The Morgan fingerprint density at radius 2 is 2.27 bits per heavy atom. The Kier molecular flexibility index (Phi) is 3.26. The van der Waals surface area contributed by atoms with Gasteiger partial charge < -0.3 is 10.8 Å². The summed E-state index contributed by atoms with van der Waals surface area (Å²) in [7, 11) is 0. The molecule has 0 amide bonds. The summed E-state index contributed by atoms with van der Waals surface area (Å²) in [6.07, 6.45) is 2.40. The lowest BCUT2D eigenvalue weighted by atomic mass is 10.3. The van der Waals surface area contributed by atoms with Crippen LogP contribution in [0.4, 0.5) is 0 Å². The molecule has 1 aromatic heterocycles. The first-order valence-corrected chi connectivity index (χ1v) is 2.55. The maximum atomic E-state index is 8.94. The van der Waals surface area contributed by atoms with Gasteiger partial charge in [0.05, 0.1) is 6.20 Å². The molecule has 1 heterocycles. The van der Waals surface area contributed by atoms with Crippen molar-refractivity contribution in [2.45, 2.75) is 0 Å². The summed E-state index contributed by atoms with van der Waals surface area (Å²) in [5.41, 5.74) is 5.11. The van der Waals surface area contributed by atoms with Crippen molar-refractivity contribution in [1.29, 1.82) is 5.41 Å². The Hall–Kier alpha value is -1.36. The third kappa shape index (κ3) is 2.05. The summed E-state index contributed by atoms with van der Waals surface area (Å²) in [5, 5.41) is 15.8. The van der Waals surface area contributed by atoms with Gasteiger partial charge in [0.25, 0.3) is 0 Å². The molecule has 0 saturated carbocycles. The van der Waals surface area contributed by atoms with Crippen LogP contribution in [0.1, 0.15) is 5.69 Å². The number of nitrogens with one attached hydrogen (secondary N) is 1. The van der Waals surface area contributed by atoms with E-state index in [0.717, 1.165) is 0 Å². The van der Waals surface area contributed by atoms with Crippen molar-refractivity contribution in [2.75, 3.05) is 0 Å². The molecule has 1 aromatic rings. The van der Waals surface area contributed by atoms with Gasteiger partial charge in [0.15, 0.2) is 5.75 Å². The van der Waals surface area contributed by atoms with Crippen molar-refractivity contribution in [3.05, 3.63) is 18.2 Å². The SMILES string of the molecule is Cl.N=C(N)c1ncncc1O. The van der Waals surface area contributed by atoms with Crippen molar-refractivity contribution >= 4 is 18.2 Å². The molecule has 0 spiro atoms. The van der Waals surface area contributed by atoms with Gasteiger partial charge in [-0.2, -0.15) is 0 Å². The molecule has 0 aliphatic carbocycles. The summed E-state index contributed by atoms with van der Waals surface area (Å²) in [6.45, 7) is 0. The zero-order valence-corrected chi connectivity index (χ0v) is 6.30. The number of nitrogen functional groups attached to an aromatic ring is 1. The predicted octanol–water partition coefficient (Wildman–Crippen LogP) is -0.112. The number of halogens is 1. The maximum Gasteiger partial charge on any atom is 0.163 e. The molecule has 5 nitrogen and oxygen atoms in total. The fourth-order valence-corrected chi connectivity index (χ4v) is 0.530. The van der Waals surface area contributed by atoms with E-state index >= 15 is 0 Å². The Morgan fingerprint density at radius 3 is 2.64 bits per heavy atom. The van der Waals surface area contributed by atoms with E-state index in [1.54, 1.807) is 0 Å². The van der Waals surface area contributed by atoms with E-state index in [1.807, 2.05) is 0 Å². The first-order chi connectivity index (χ1) is 4.72. The van der Waals surface area contributed by atoms with E-state index in [-0.39, 0.29) is 29.7 Å². The second kappa shape index (κ2) is 3.72. The van der Waals surface area contributed by atoms with Crippen molar-refractivity contribution in [3.8, 4) is 5.75 Å². The lowest BCUT2D eigenvalue weighted by molar-refractivity contribution is 0.468. The van der Waals surface area contributed by atoms with Crippen LogP contribution in [-0.2, 0) is 0 Å². The molecular formula is C5H7ClN4O. The third-order valence-corrected chi connectivity index (χ3v) is 0.948. The minimum absolute atomic E-state index is 0. The molecule has 0 saturated heterocycles. The largest absolute Gasteiger partial charge is 0.504 e. The lowest BCUT2D eigenvalue weighted by Gasteiger charge is -1.96. The van der Waals surface area contributed by atoms with Gasteiger partial charge >= 0.3 is 0 Å². The van der Waals surface area contributed by atoms with Crippen LogP contribution in [0.3, 0.4) is 0 Å². The zero-order chi connectivity index (χ0) is 7.56. The molecule has 0 aliphatic heterocycles. The molecule has 0 aliphatic rings. The van der Waals surface area contributed by atoms with Gasteiger partial charge in [-0.05, 0) is 0 Å². The number of hydrogen-bond acceptors (Lipinski definition) is 4. The Morgan fingerprint density at radius 1 is 1.64 bits per heavy atom. The normalized spacial score (nSPS) is 8.36. The highest BCUT2D eigenvalue weighted by Gasteiger charge is 2.02. The summed E-state index contributed by atoms with van der Waals surface area (Å²) >= 11 is 0. The van der Waals surface area contributed by atoms with Crippen LogP contribution in [-0.4, -0.2) is 20.9 Å². The minimum Gasteiger partial charge on any atom is -0.504 e. The molecular weight excluding hydrogens is 168 g/mol. The first-order valence-electron chi connectivity index (χ1n) is 2.55. The fraction of sp³-hybridized carbons (Fsp3) is 0. The van der Waals surface area contributed by atoms with Crippen molar-refractivity contribution in [1.82, 2.24) is 9.97 Å². The standard InChI is InChI=1S/C5H6N4O.ClH/c6-5(7)4-3(10)1-8-2-9-4;/h1-2,10H,(H3,6,7);1H. The topological polar surface area (TPSA) is 95.9 Å². The van der Waals surface area contributed by atoms with Crippen LogP contribution >= 0.6 is 12.4 Å². The number of amidine groups is 1. The highest BCUT2D eigenvalue weighted by molar-refractivity contribution is 5.95. The Labute approximate surface area is 69.2 Å². The van der Waals surface area contributed by atoms with Gasteiger partial charge in [0, 0.05) is 0 Å². The van der Waals surface area contributed by atoms with E-state index in [1.165, 1.54) is 12.5 Å². The van der Waals surface area contributed by atoms with Gasteiger partial charge in [-0.1, -0.05) is 0 Å². The number of nitrogens with zero attached hydrogens (tertiary/aromatic N) is 2. The molecule has 6 heteroatoms. The molecule has 4 N–H and O–H groups in total. The van der Waals surface area contributed by atoms with Crippen LogP contribution in [0.25, 0.3) is 0 Å². The molecule has 11 heavy (non-hydrogen) atoms. The second-order valence-corrected chi connectivity index (χ2v) is 1.67. The quantitative estimate of drug-likeness (QED) is 0.409. The van der Waals surface area contributed by atoms with Crippen LogP contribution < -0.4 is 5.73 Å². The van der Waals surface area contributed by atoms with Gasteiger partial charge in [0.1, 0.15) is 17.9 Å². The minimum atomic E-state index is -0.264. The highest BCUT2D eigenvalue weighted by Crippen LogP contribution is 2.08. The summed E-state index contributed by atoms with van der Waals surface area (Å²) in [4.78, 5) is 7.08. The van der Waals surface area contributed by atoms with Crippen LogP contribution in [0.5, 0.6) is 5.75 Å². The smallest absolute Gasteiger partial charge is 0.163 e. The number of rotatable bonds is 1. The van der Waals surface area contributed by atoms with E-state index < -0.39 is 0 Å². The highest BCUT2D eigenvalue weighted by atomic mass is 35.5. The van der Waals surface area contributed by atoms with E-state index in [9.17, 15) is 0 Å². The van der Waals surface area contributed by atoms with Crippen LogP contribution in [0.15, 0.2) is 12.5 Å². The Balaban J connectivity index is 0.000001000.